The Morgan fingerprint density at radius 1 is 1.09 bits per heavy atom. The normalized spacial score (nSPS) is 15.1. The lowest BCUT2D eigenvalue weighted by Crippen LogP contribution is -2.28. The van der Waals surface area contributed by atoms with Crippen molar-refractivity contribution in [2.75, 3.05) is 0 Å². The molecule has 0 saturated carbocycles. The fourth-order valence-corrected chi connectivity index (χ4v) is 2.56. The molecule has 1 aliphatic rings. The van der Waals surface area contributed by atoms with Gasteiger partial charge in [-0.1, -0.05) is 72.7 Å². The second kappa shape index (κ2) is 7.29. The molecule has 4 nitrogen and oxygen atoms in total. The Kier molecular flexibility index (Phi) is 5.40. The van der Waals surface area contributed by atoms with Gasteiger partial charge in [0.05, 0.1) is 6.42 Å². The average Bonchev–Trinajstić information content (AvgIpc) is 3.01. The van der Waals surface area contributed by atoms with Gasteiger partial charge in [0.15, 0.2) is 5.60 Å². The van der Waals surface area contributed by atoms with Crippen LogP contribution in [-0.4, -0.2) is 11.9 Å². The van der Waals surface area contributed by atoms with Crippen molar-refractivity contribution in [2.45, 2.75) is 25.4 Å². The molecule has 0 radical (unpaired) electrons. The topological polar surface area (TPSA) is 47.9 Å². The first kappa shape index (κ1) is 17.0. The number of ether oxygens (including phenoxy) is 1. The summed E-state index contributed by atoms with van der Waals surface area (Å²) < 4.78 is 5.24. The van der Waals surface area contributed by atoms with Crippen molar-refractivity contribution in [3.8, 4) is 0 Å². The molecule has 0 aliphatic carbocycles. The molecule has 120 valence electrons. The van der Waals surface area contributed by atoms with Gasteiger partial charge in [-0.2, -0.15) is 0 Å². The van der Waals surface area contributed by atoms with Crippen LogP contribution in [0.2, 0.25) is 0 Å². The Labute approximate surface area is 141 Å². The minimum atomic E-state index is -0.744. The summed E-state index contributed by atoms with van der Waals surface area (Å²) >= 11 is 0. The number of halogens is 1. The van der Waals surface area contributed by atoms with E-state index in [9.17, 15) is 4.79 Å². The van der Waals surface area contributed by atoms with Crippen LogP contribution in [0.25, 0.3) is 0 Å². The Bertz CT molecular complexity index is 646. The zero-order valence-corrected chi connectivity index (χ0v) is 13.6. The van der Waals surface area contributed by atoms with E-state index in [4.69, 9.17) is 9.57 Å². The van der Waals surface area contributed by atoms with Crippen molar-refractivity contribution >= 4 is 24.3 Å². The molecule has 1 heterocycles. The minimum absolute atomic E-state index is 0. The van der Waals surface area contributed by atoms with Crippen molar-refractivity contribution < 1.29 is 14.4 Å². The molecule has 5 heteroatoms. The monoisotopic (exact) mass is 331 g/mol. The molecule has 0 unspecified atom stereocenters. The second-order valence-electron chi connectivity index (χ2n) is 5.14. The third kappa shape index (κ3) is 3.37. The molecule has 0 saturated heterocycles. The molecule has 23 heavy (non-hydrogen) atoms. The first-order valence-corrected chi connectivity index (χ1v) is 7.31. The molecular formula is C18H18ClNO3. The Hall–Kier alpha value is -2.33. The van der Waals surface area contributed by atoms with Gasteiger partial charge in [-0.15, -0.1) is 12.4 Å². The van der Waals surface area contributed by atoms with E-state index >= 15 is 0 Å². The van der Waals surface area contributed by atoms with E-state index in [0.29, 0.717) is 18.7 Å². The number of nitrogens with zero attached hydrogens (tertiary/aromatic N) is 1. The van der Waals surface area contributed by atoms with Gasteiger partial charge in [-0.3, -0.25) is 4.79 Å². The standard InChI is InChI=1S/C18H17NO3.ClH/c1-2-17(20)21-16-13-18(22-19-16,14-9-5-3-6-10-14)15-11-7-4-8-12-15;/h3-12H,2,13H2,1H3;1H. The maximum atomic E-state index is 11.5. The van der Waals surface area contributed by atoms with E-state index in [1.807, 2.05) is 60.7 Å². The summed E-state index contributed by atoms with van der Waals surface area (Å²) in [6, 6.07) is 19.7. The molecule has 0 spiro atoms. The van der Waals surface area contributed by atoms with Crippen LogP contribution < -0.4 is 0 Å². The van der Waals surface area contributed by atoms with Crippen LogP contribution in [0, 0.1) is 0 Å². The van der Waals surface area contributed by atoms with Gasteiger partial charge in [-0.05, 0) is 0 Å². The van der Waals surface area contributed by atoms with Crippen LogP contribution in [-0.2, 0) is 20.0 Å². The predicted octanol–water partition coefficient (Wildman–Crippen LogP) is 4.04. The third-order valence-electron chi connectivity index (χ3n) is 3.70. The van der Waals surface area contributed by atoms with E-state index in [2.05, 4.69) is 5.16 Å². The Morgan fingerprint density at radius 3 is 2.09 bits per heavy atom. The molecule has 3 rings (SSSR count). The molecule has 2 aromatic carbocycles. The van der Waals surface area contributed by atoms with E-state index in [0.717, 1.165) is 11.1 Å². The van der Waals surface area contributed by atoms with Crippen molar-refractivity contribution in [3.05, 3.63) is 71.8 Å². The third-order valence-corrected chi connectivity index (χ3v) is 3.70. The molecule has 0 atom stereocenters. The summed E-state index contributed by atoms with van der Waals surface area (Å²) in [7, 11) is 0. The maximum Gasteiger partial charge on any atom is 0.312 e. The number of carbonyl (C=O) groups excluding carboxylic acids is 1. The van der Waals surface area contributed by atoms with E-state index in [-0.39, 0.29) is 18.4 Å². The predicted molar refractivity (Wildman–Crippen MR) is 90.4 cm³/mol. The first-order chi connectivity index (χ1) is 10.7. The van der Waals surface area contributed by atoms with E-state index in [1.165, 1.54) is 0 Å². The van der Waals surface area contributed by atoms with E-state index in [1.54, 1.807) is 6.92 Å². The lowest BCUT2D eigenvalue weighted by atomic mass is 9.84. The number of rotatable bonds is 3. The summed E-state index contributed by atoms with van der Waals surface area (Å²) in [6.07, 6.45) is 0.704. The van der Waals surface area contributed by atoms with Crippen LogP contribution in [0.5, 0.6) is 0 Å². The number of oxime groups is 1. The van der Waals surface area contributed by atoms with Crippen LogP contribution in [0.3, 0.4) is 0 Å². The quantitative estimate of drug-likeness (QED) is 0.797. The van der Waals surface area contributed by atoms with Gasteiger partial charge >= 0.3 is 5.97 Å². The molecule has 0 N–H and O–H groups in total. The summed E-state index contributed by atoms with van der Waals surface area (Å²) in [4.78, 5) is 17.3. The molecule has 1 aliphatic heterocycles. The van der Waals surface area contributed by atoms with Crippen LogP contribution in [0.1, 0.15) is 30.9 Å². The molecule has 0 aromatic heterocycles. The smallest absolute Gasteiger partial charge is 0.312 e. The molecule has 0 bridgehead atoms. The van der Waals surface area contributed by atoms with Crippen molar-refractivity contribution in [1.29, 1.82) is 0 Å². The SMILES string of the molecule is CCC(=O)OC1=NOC(c2ccccc2)(c2ccccc2)C1.Cl. The number of carbonyl (C=O) groups is 1. The fraction of sp³-hybridized carbons (Fsp3) is 0.222. The Balaban J connectivity index is 0.00000192. The second-order valence-corrected chi connectivity index (χ2v) is 5.14. The number of hydrogen-bond donors (Lipinski definition) is 0. The maximum absolute atomic E-state index is 11.5. The average molecular weight is 332 g/mol. The van der Waals surface area contributed by atoms with Gasteiger partial charge in [0, 0.05) is 17.5 Å². The highest BCUT2D eigenvalue weighted by atomic mass is 35.5. The molecular weight excluding hydrogens is 314 g/mol. The Morgan fingerprint density at radius 2 is 1.61 bits per heavy atom. The largest absolute Gasteiger partial charge is 0.408 e. The molecule has 2 aromatic rings. The van der Waals surface area contributed by atoms with Gasteiger partial charge in [0.25, 0.3) is 0 Å². The summed E-state index contributed by atoms with van der Waals surface area (Å²) in [6.45, 7) is 1.75. The lowest BCUT2D eigenvalue weighted by molar-refractivity contribution is -0.135. The highest BCUT2D eigenvalue weighted by Crippen LogP contribution is 2.41. The molecule has 0 fully saturated rings. The van der Waals surface area contributed by atoms with Crippen molar-refractivity contribution in [3.63, 3.8) is 0 Å². The van der Waals surface area contributed by atoms with Crippen molar-refractivity contribution in [2.24, 2.45) is 5.16 Å². The first-order valence-electron chi connectivity index (χ1n) is 7.31. The minimum Gasteiger partial charge on any atom is -0.408 e. The number of hydrogen-bond acceptors (Lipinski definition) is 4. The number of esters is 1. The summed E-state index contributed by atoms with van der Waals surface area (Å²) in [5, 5.41) is 4.00. The fourth-order valence-electron chi connectivity index (χ4n) is 2.56. The lowest BCUT2D eigenvalue weighted by Gasteiger charge is -2.27. The number of benzene rings is 2. The summed E-state index contributed by atoms with van der Waals surface area (Å²) in [5.74, 6) is 0.0128. The van der Waals surface area contributed by atoms with Gasteiger partial charge in [0.1, 0.15) is 0 Å². The van der Waals surface area contributed by atoms with Crippen LogP contribution in [0.4, 0.5) is 0 Å². The highest BCUT2D eigenvalue weighted by Gasteiger charge is 2.44. The zero-order valence-electron chi connectivity index (χ0n) is 12.8. The summed E-state index contributed by atoms with van der Waals surface area (Å²) in [5.41, 5.74) is 1.21. The van der Waals surface area contributed by atoms with Crippen LogP contribution in [0.15, 0.2) is 65.8 Å². The zero-order chi connectivity index (χ0) is 15.4. The molecule has 0 amide bonds. The van der Waals surface area contributed by atoms with E-state index < -0.39 is 5.60 Å². The van der Waals surface area contributed by atoms with Gasteiger partial charge in [-0.25, -0.2) is 0 Å². The van der Waals surface area contributed by atoms with Crippen LogP contribution >= 0.6 is 12.4 Å². The van der Waals surface area contributed by atoms with Crippen molar-refractivity contribution in [1.82, 2.24) is 0 Å². The van der Waals surface area contributed by atoms with Gasteiger partial charge in [0.2, 0.25) is 5.90 Å². The highest BCUT2D eigenvalue weighted by molar-refractivity contribution is 5.90. The van der Waals surface area contributed by atoms with Gasteiger partial charge < -0.3 is 9.57 Å².